The van der Waals surface area contributed by atoms with Gasteiger partial charge in [0.15, 0.2) is 17.2 Å². The number of ether oxygens (including phenoxy) is 3. The van der Waals surface area contributed by atoms with Crippen LogP contribution in [0, 0.1) is 5.82 Å². The fourth-order valence-corrected chi connectivity index (χ4v) is 3.57. The summed E-state index contributed by atoms with van der Waals surface area (Å²) in [5.41, 5.74) is 1.55. The van der Waals surface area contributed by atoms with Gasteiger partial charge in [0, 0.05) is 17.7 Å². The largest absolute Gasteiger partial charge is 0.493 e. The molecule has 32 heavy (non-hydrogen) atoms. The number of carbonyl (C=O) groups is 1. The molecule has 0 fully saturated rings. The van der Waals surface area contributed by atoms with Crippen molar-refractivity contribution in [3.63, 3.8) is 0 Å². The Kier molecular flexibility index (Phi) is 8.20. The molecule has 0 aliphatic rings. The lowest BCUT2D eigenvalue weighted by molar-refractivity contribution is 0.0951. The molecule has 0 aliphatic heterocycles. The molecule has 0 aliphatic carbocycles. The lowest BCUT2D eigenvalue weighted by Gasteiger charge is -2.13. The molecule has 0 heterocycles. The molecule has 168 valence electrons. The molecule has 0 unspecified atom stereocenters. The molecule has 0 aromatic heterocycles. The third-order valence-electron chi connectivity index (χ3n) is 4.57. The second-order valence-corrected chi connectivity index (χ2v) is 7.56. The fourth-order valence-electron chi connectivity index (χ4n) is 2.97. The Balaban J connectivity index is 1.65. The zero-order chi connectivity index (χ0) is 23.1. The van der Waals surface area contributed by atoms with Gasteiger partial charge in [0.2, 0.25) is 0 Å². The van der Waals surface area contributed by atoms with Crippen molar-refractivity contribution in [2.45, 2.75) is 20.1 Å². The van der Waals surface area contributed by atoms with Gasteiger partial charge in [0.25, 0.3) is 5.91 Å². The molecule has 0 saturated heterocycles. The van der Waals surface area contributed by atoms with Gasteiger partial charge in [-0.15, -0.1) is 0 Å². The second-order valence-electron chi connectivity index (χ2n) is 6.75. The minimum absolute atomic E-state index is 0.0678. The summed E-state index contributed by atoms with van der Waals surface area (Å²) in [7, 11) is 1.51. The van der Waals surface area contributed by atoms with Crippen LogP contribution >= 0.6 is 23.2 Å². The first-order chi connectivity index (χ1) is 15.4. The van der Waals surface area contributed by atoms with E-state index in [-0.39, 0.29) is 34.9 Å². The summed E-state index contributed by atoms with van der Waals surface area (Å²) in [6.45, 7) is 2.54. The summed E-state index contributed by atoms with van der Waals surface area (Å²) in [6, 6.07) is 14.7. The Morgan fingerprint density at radius 3 is 2.38 bits per heavy atom. The number of rotatable bonds is 9. The minimum atomic E-state index is -0.337. The first kappa shape index (κ1) is 23.7. The highest BCUT2D eigenvalue weighted by Crippen LogP contribution is 2.34. The standard InChI is InChI=1S/C24H22Cl2FNO4/c1-3-31-23-18(25)11-17(12-19(23)26)24(29)28-13-15-8-9-21(22(10-15)30-2)32-14-16-6-4-5-7-20(16)27/h4-12H,3,13-14H2,1-2H3,(H,28,29). The maximum Gasteiger partial charge on any atom is 0.251 e. The molecule has 0 radical (unpaired) electrons. The zero-order valence-corrected chi connectivity index (χ0v) is 19.1. The van der Waals surface area contributed by atoms with Gasteiger partial charge in [-0.3, -0.25) is 4.79 Å². The third kappa shape index (κ3) is 5.84. The van der Waals surface area contributed by atoms with Crippen LogP contribution in [0.15, 0.2) is 54.6 Å². The Hall–Kier alpha value is -2.96. The van der Waals surface area contributed by atoms with Crippen LogP contribution in [0.2, 0.25) is 10.0 Å². The van der Waals surface area contributed by atoms with Crippen molar-refractivity contribution >= 4 is 29.1 Å². The summed E-state index contributed by atoms with van der Waals surface area (Å²) in [5.74, 6) is 0.621. The van der Waals surface area contributed by atoms with Crippen molar-refractivity contribution in [1.82, 2.24) is 5.32 Å². The van der Waals surface area contributed by atoms with Crippen molar-refractivity contribution < 1.29 is 23.4 Å². The van der Waals surface area contributed by atoms with Crippen LogP contribution in [0.25, 0.3) is 0 Å². The van der Waals surface area contributed by atoms with E-state index in [9.17, 15) is 9.18 Å². The third-order valence-corrected chi connectivity index (χ3v) is 5.13. The van der Waals surface area contributed by atoms with Crippen molar-refractivity contribution in [3.8, 4) is 17.2 Å². The van der Waals surface area contributed by atoms with Crippen molar-refractivity contribution in [1.29, 1.82) is 0 Å². The first-order valence-corrected chi connectivity index (χ1v) is 10.6. The van der Waals surface area contributed by atoms with Crippen molar-refractivity contribution in [2.75, 3.05) is 13.7 Å². The summed E-state index contributed by atoms with van der Waals surface area (Å²) < 4.78 is 30.3. The summed E-state index contributed by atoms with van der Waals surface area (Å²) in [6.07, 6.45) is 0. The van der Waals surface area contributed by atoms with E-state index < -0.39 is 0 Å². The predicted octanol–water partition coefficient (Wildman–Crippen LogP) is 6.05. The van der Waals surface area contributed by atoms with Crippen molar-refractivity contribution in [3.05, 3.63) is 87.2 Å². The average molecular weight is 478 g/mol. The maximum absolute atomic E-state index is 13.8. The molecule has 0 saturated carbocycles. The molecule has 0 spiro atoms. The van der Waals surface area contributed by atoms with E-state index in [0.29, 0.717) is 35.0 Å². The van der Waals surface area contributed by atoms with E-state index in [1.54, 1.807) is 36.4 Å². The molecule has 3 rings (SSSR count). The molecule has 0 atom stereocenters. The molecule has 3 aromatic carbocycles. The highest BCUT2D eigenvalue weighted by atomic mass is 35.5. The average Bonchev–Trinajstić information content (AvgIpc) is 2.79. The molecule has 1 N–H and O–H groups in total. The van der Waals surface area contributed by atoms with Gasteiger partial charge in [-0.1, -0.05) is 47.5 Å². The van der Waals surface area contributed by atoms with Crippen LogP contribution in [0.3, 0.4) is 0 Å². The van der Waals surface area contributed by atoms with Gasteiger partial charge in [0.1, 0.15) is 12.4 Å². The second kappa shape index (κ2) is 11.1. The summed E-state index contributed by atoms with van der Waals surface area (Å²) >= 11 is 12.3. The molecular weight excluding hydrogens is 456 g/mol. The number of hydrogen-bond donors (Lipinski definition) is 1. The Morgan fingerprint density at radius 1 is 1.00 bits per heavy atom. The van der Waals surface area contributed by atoms with Gasteiger partial charge >= 0.3 is 0 Å². The van der Waals surface area contributed by atoms with Gasteiger partial charge in [0.05, 0.1) is 23.8 Å². The quantitative estimate of drug-likeness (QED) is 0.407. The Morgan fingerprint density at radius 2 is 1.72 bits per heavy atom. The fraction of sp³-hybridized carbons (Fsp3) is 0.208. The minimum Gasteiger partial charge on any atom is -0.493 e. The summed E-state index contributed by atoms with van der Waals surface area (Å²) in [4.78, 5) is 12.5. The molecule has 8 heteroatoms. The highest BCUT2D eigenvalue weighted by molar-refractivity contribution is 6.37. The number of amides is 1. The number of carbonyl (C=O) groups excluding carboxylic acids is 1. The Bertz CT molecular complexity index is 1080. The van der Waals surface area contributed by atoms with Gasteiger partial charge in [-0.2, -0.15) is 0 Å². The number of halogens is 3. The van der Waals surface area contributed by atoms with E-state index in [1.807, 2.05) is 6.92 Å². The SMILES string of the molecule is CCOc1c(Cl)cc(C(=O)NCc2ccc(OCc3ccccc3F)c(OC)c2)cc1Cl. The van der Waals surface area contributed by atoms with E-state index >= 15 is 0 Å². The summed E-state index contributed by atoms with van der Waals surface area (Å²) in [5, 5.41) is 3.35. The molecule has 1 amide bonds. The zero-order valence-electron chi connectivity index (χ0n) is 17.6. The smallest absolute Gasteiger partial charge is 0.251 e. The number of hydrogen-bond acceptors (Lipinski definition) is 4. The van der Waals surface area contributed by atoms with E-state index in [2.05, 4.69) is 5.32 Å². The Labute approximate surface area is 196 Å². The van der Waals surface area contributed by atoms with E-state index in [1.165, 1.54) is 25.3 Å². The number of benzene rings is 3. The maximum atomic E-state index is 13.8. The molecule has 5 nitrogen and oxygen atoms in total. The van der Waals surface area contributed by atoms with Gasteiger partial charge in [-0.05, 0) is 42.8 Å². The van der Waals surface area contributed by atoms with Crippen LogP contribution in [0.1, 0.15) is 28.4 Å². The number of methoxy groups -OCH3 is 1. The first-order valence-electron chi connectivity index (χ1n) is 9.86. The molecular formula is C24H22Cl2FNO4. The lowest BCUT2D eigenvalue weighted by Crippen LogP contribution is -2.22. The van der Waals surface area contributed by atoms with Crippen LogP contribution in [0.4, 0.5) is 4.39 Å². The number of nitrogens with one attached hydrogen (secondary N) is 1. The van der Waals surface area contributed by atoms with Crippen molar-refractivity contribution in [2.24, 2.45) is 0 Å². The highest BCUT2D eigenvalue weighted by Gasteiger charge is 2.14. The van der Waals surface area contributed by atoms with Crippen LogP contribution in [-0.2, 0) is 13.2 Å². The molecule has 0 bridgehead atoms. The van der Waals surface area contributed by atoms with Crippen LogP contribution in [0.5, 0.6) is 17.2 Å². The van der Waals surface area contributed by atoms with E-state index in [0.717, 1.165) is 5.56 Å². The normalized spacial score (nSPS) is 10.5. The predicted molar refractivity (Wildman–Crippen MR) is 123 cm³/mol. The van der Waals surface area contributed by atoms with Crippen LogP contribution in [-0.4, -0.2) is 19.6 Å². The van der Waals surface area contributed by atoms with Crippen LogP contribution < -0.4 is 19.5 Å². The lowest BCUT2D eigenvalue weighted by atomic mass is 10.1. The topological polar surface area (TPSA) is 56.8 Å². The van der Waals surface area contributed by atoms with Gasteiger partial charge in [-0.25, -0.2) is 4.39 Å². The monoisotopic (exact) mass is 477 g/mol. The molecule has 3 aromatic rings. The van der Waals surface area contributed by atoms with Gasteiger partial charge < -0.3 is 19.5 Å². The van der Waals surface area contributed by atoms with E-state index in [4.69, 9.17) is 37.4 Å².